The second kappa shape index (κ2) is 8.18. The topological polar surface area (TPSA) is 58.2 Å². The summed E-state index contributed by atoms with van der Waals surface area (Å²) in [5, 5.41) is 6.77. The predicted octanol–water partition coefficient (Wildman–Crippen LogP) is 8.00. The Morgan fingerprint density at radius 3 is 1.24 bits per heavy atom. The van der Waals surface area contributed by atoms with Gasteiger partial charge in [0.15, 0.2) is 11.6 Å². The van der Waals surface area contributed by atoms with Gasteiger partial charge in [0.1, 0.15) is 0 Å². The highest BCUT2D eigenvalue weighted by Gasteiger charge is 2.64. The van der Waals surface area contributed by atoms with Gasteiger partial charge in [0.05, 0.1) is 0 Å². The Kier molecular flexibility index (Phi) is 5.41. The summed E-state index contributed by atoms with van der Waals surface area (Å²) in [5.41, 5.74) is 5.74. The zero-order chi connectivity index (χ0) is 27.1. The van der Waals surface area contributed by atoms with Crippen molar-refractivity contribution in [1.29, 1.82) is 0 Å². The van der Waals surface area contributed by atoms with Gasteiger partial charge in [-0.25, -0.2) is 0 Å². The van der Waals surface area contributed by atoms with E-state index in [0.29, 0.717) is 23.4 Å². The number of hydrogen-bond acceptors (Lipinski definition) is 4. The molecular weight excluding hydrogens is 468 g/mol. The van der Waals surface area contributed by atoms with Crippen molar-refractivity contribution in [3.8, 4) is 11.1 Å². The van der Waals surface area contributed by atoms with Gasteiger partial charge in [-0.3, -0.25) is 9.59 Å². The summed E-state index contributed by atoms with van der Waals surface area (Å²) < 4.78 is 0. The molecule has 0 aliphatic heterocycles. The fourth-order valence-corrected chi connectivity index (χ4v) is 8.03. The Morgan fingerprint density at radius 2 is 0.947 bits per heavy atom. The van der Waals surface area contributed by atoms with Crippen molar-refractivity contribution >= 4 is 22.9 Å². The van der Waals surface area contributed by atoms with Crippen molar-refractivity contribution in [2.75, 3.05) is 10.6 Å². The molecule has 4 heteroatoms. The van der Waals surface area contributed by atoms with E-state index in [2.05, 4.69) is 101 Å². The van der Waals surface area contributed by atoms with Gasteiger partial charge in [-0.15, -0.1) is 0 Å². The molecule has 0 spiro atoms. The summed E-state index contributed by atoms with van der Waals surface area (Å²) in [6, 6.07) is 16.7. The van der Waals surface area contributed by atoms with Gasteiger partial charge in [0.25, 0.3) is 0 Å². The molecule has 38 heavy (non-hydrogen) atoms. The third-order valence-corrected chi connectivity index (χ3v) is 11.6. The van der Waals surface area contributed by atoms with Crippen LogP contribution in [0.1, 0.15) is 67.2 Å². The zero-order valence-electron chi connectivity index (χ0n) is 23.6. The first kappa shape index (κ1) is 25.2. The maximum absolute atomic E-state index is 13.1. The number of carbonyl (C=O) groups excluding carboxylic acids is 2. The monoisotopic (exact) mass is 508 g/mol. The summed E-state index contributed by atoms with van der Waals surface area (Å²) in [6.07, 6.45) is 8.09. The first-order valence-electron chi connectivity index (χ1n) is 14.1. The normalized spacial score (nSPS) is 34.5. The summed E-state index contributed by atoms with van der Waals surface area (Å²) in [5.74, 6) is 1.31. The lowest BCUT2D eigenvalue weighted by atomic mass is 9.70. The van der Waals surface area contributed by atoms with Gasteiger partial charge >= 0.3 is 0 Å². The van der Waals surface area contributed by atoms with Crippen molar-refractivity contribution in [3.63, 3.8) is 0 Å². The average Bonchev–Trinajstić information content (AvgIpc) is 3.38. The predicted molar refractivity (Wildman–Crippen MR) is 155 cm³/mol. The van der Waals surface area contributed by atoms with Crippen LogP contribution in [0.25, 0.3) is 11.1 Å². The number of ketones is 2. The van der Waals surface area contributed by atoms with Gasteiger partial charge in [-0.05, 0) is 83.7 Å². The van der Waals surface area contributed by atoms with Gasteiger partial charge in [-0.1, -0.05) is 65.8 Å². The summed E-state index contributed by atoms with van der Waals surface area (Å²) in [7, 11) is 0. The van der Waals surface area contributed by atoms with Crippen molar-refractivity contribution in [3.05, 3.63) is 72.1 Å². The number of fused-ring (bicyclic) bond motifs is 4. The van der Waals surface area contributed by atoms with Crippen LogP contribution in [-0.4, -0.2) is 11.6 Å². The van der Waals surface area contributed by atoms with E-state index < -0.39 is 0 Å². The SMILES string of the molecule is CC12CCC(/C(=C/Nc3ccc(-c4ccc(N/C=C5/C(=O)C6(C)CCC5C6(C)C)cc4)cc3)C1=O)C2(C)C. The van der Waals surface area contributed by atoms with Crippen molar-refractivity contribution in [2.24, 2.45) is 33.5 Å². The smallest absolute Gasteiger partial charge is 0.167 e. The summed E-state index contributed by atoms with van der Waals surface area (Å²) in [6.45, 7) is 13.3. The molecule has 4 atom stereocenters. The molecule has 0 radical (unpaired) electrons. The van der Waals surface area contributed by atoms with E-state index >= 15 is 0 Å². The molecule has 0 saturated heterocycles. The Hall–Kier alpha value is -3.14. The second-order valence-electron chi connectivity index (χ2n) is 13.6. The average molecular weight is 509 g/mol. The summed E-state index contributed by atoms with van der Waals surface area (Å²) >= 11 is 0. The lowest BCUT2D eigenvalue weighted by molar-refractivity contribution is -0.126. The lowest BCUT2D eigenvalue weighted by Gasteiger charge is -2.31. The minimum atomic E-state index is -0.229. The number of hydrogen-bond donors (Lipinski definition) is 2. The number of carbonyl (C=O) groups is 2. The molecule has 0 heterocycles. The molecular formula is C34H40N2O2. The molecule has 0 amide bonds. The molecule has 4 fully saturated rings. The molecule has 4 bridgehead atoms. The number of Topliss-reactive ketones (excluding diaryl/α,β-unsaturated/α-hetero) is 2. The molecule has 4 nitrogen and oxygen atoms in total. The molecule has 4 saturated carbocycles. The third kappa shape index (κ3) is 3.28. The molecule has 2 aromatic carbocycles. The fourth-order valence-electron chi connectivity index (χ4n) is 8.03. The second-order valence-corrected chi connectivity index (χ2v) is 13.6. The van der Waals surface area contributed by atoms with Crippen LogP contribution < -0.4 is 10.6 Å². The zero-order valence-corrected chi connectivity index (χ0v) is 23.6. The van der Waals surface area contributed by atoms with Crippen LogP contribution in [0.4, 0.5) is 11.4 Å². The van der Waals surface area contributed by atoms with Gasteiger partial charge in [-0.2, -0.15) is 0 Å². The highest BCUT2D eigenvalue weighted by Crippen LogP contribution is 2.66. The van der Waals surface area contributed by atoms with Gasteiger partial charge < -0.3 is 10.6 Å². The number of nitrogens with one attached hydrogen (secondary N) is 2. The van der Waals surface area contributed by atoms with Crippen LogP contribution in [0.5, 0.6) is 0 Å². The van der Waals surface area contributed by atoms with Crippen LogP contribution >= 0.6 is 0 Å². The van der Waals surface area contributed by atoms with E-state index in [1.807, 2.05) is 12.4 Å². The van der Waals surface area contributed by atoms with E-state index in [1.165, 1.54) is 0 Å². The fraction of sp³-hybridized carbons (Fsp3) is 0.471. The molecule has 4 unspecified atom stereocenters. The Labute approximate surface area is 227 Å². The highest BCUT2D eigenvalue weighted by molar-refractivity contribution is 6.05. The Bertz CT molecular complexity index is 1270. The van der Waals surface area contributed by atoms with E-state index in [4.69, 9.17) is 0 Å². The number of anilines is 2. The lowest BCUT2D eigenvalue weighted by Crippen LogP contribution is -2.32. The number of rotatable bonds is 5. The first-order chi connectivity index (χ1) is 17.9. The van der Waals surface area contributed by atoms with Crippen molar-refractivity contribution < 1.29 is 9.59 Å². The minimum absolute atomic E-state index is 0.0277. The third-order valence-electron chi connectivity index (χ3n) is 11.6. The Morgan fingerprint density at radius 1 is 0.605 bits per heavy atom. The highest BCUT2D eigenvalue weighted by atomic mass is 16.1. The van der Waals surface area contributed by atoms with E-state index in [-0.39, 0.29) is 21.7 Å². The molecule has 2 aromatic rings. The largest absolute Gasteiger partial charge is 0.361 e. The molecule has 4 aliphatic rings. The maximum atomic E-state index is 13.1. The Balaban J connectivity index is 1.12. The molecule has 2 N–H and O–H groups in total. The standard InChI is InChI=1S/C34H40N2O2/c1-31(2)27-15-17-33(31,5)29(37)25(27)19-35-23-11-7-21(8-12-23)22-9-13-24(14-10-22)36-20-26-28-16-18-34(6,30(26)38)32(28,3)4/h7-14,19-20,27-28,35-36H,15-18H2,1-6H3/b25-19-,26-20+. The van der Waals surface area contributed by atoms with Crippen molar-refractivity contribution in [1.82, 2.24) is 0 Å². The summed E-state index contributed by atoms with van der Waals surface area (Å²) in [4.78, 5) is 26.1. The number of benzene rings is 2. The van der Waals surface area contributed by atoms with Crippen LogP contribution in [0.2, 0.25) is 0 Å². The van der Waals surface area contributed by atoms with Gasteiger partial charge in [0.2, 0.25) is 0 Å². The molecule has 0 aromatic heterocycles. The molecule has 4 aliphatic carbocycles. The molecule has 198 valence electrons. The first-order valence-corrected chi connectivity index (χ1v) is 14.1. The van der Waals surface area contributed by atoms with E-state index in [0.717, 1.165) is 59.3 Å². The molecule has 6 rings (SSSR count). The maximum Gasteiger partial charge on any atom is 0.167 e. The van der Waals surface area contributed by atoms with Crippen LogP contribution in [0.15, 0.2) is 72.1 Å². The van der Waals surface area contributed by atoms with E-state index in [9.17, 15) is 9.59 Å². The van der Waals surface area contributed by atoms with Crippen LogP contribution in [0.3, 0.4) is 0 Å². The van der Waals surface area contributed by atoms with Gasteiger partial charge in [0, 0.05) is 45.8 Å². The quantitative estimate of drug-likeness (QED) is 0.402. The van der Waals surface area contributed by atoms with Crippen LogP contribution in [0, 0.1) is 33.5 Å². The minimum Gasteiger partial charge on any atom is -0.361 e. The van der Waals surface area contributed by atoms with Crippen LogP contribution in [-0.2, 0) is 9.59 Å². The number of allylic oxidation sites excluding steroid dienone is 2. The van der Waals surface area contributed by atoms with Crippen molar-refractivity contribution in [2.45, 2.75) is 67.2 Å². The van der Waals surface area contributed by atoms with E-state index in [1.54, 1.807) is 0 Å².